The first-order valence-corrected chi connectivity index (χ1v) is 8.54. The molecule has 0 N–H and O–H groups in total. The Labute approximate surface area is 134 Å². The van der Waals surface area contributed by atoms with Gasteiger partial charge in [-0.1, -0.05) is 54.1 Å². The van der Waals surface area contributed by atoms with Gasteiger partial charge in [-0.15, -0.1) is 0 Å². The Morgan fingerprint density at radius 1 is 0.864 bits per heavy atom. The number of anilines is 1. The molecule has 0 aromatic heterocycles. The molecule has 3 aromatic rings. The number of benzene rings is 3. The summed E-state index contributed by atoms with van der Waals surface area (Å²) in [5, 5.41) is 2.27. The molecule has 0 heterocycles. The van der Waals surface area contributed by atoms with E-state index in [0.717, 1.165) is 10.8 Å². The summed E-state index contributed by atoms with van der Waals surface area (Å²) >= 11 is 6.03. The molecule has 0 saturated heterocycles. The zero-order valence-electron chi connectivity index (χ0n) is 11.9. The number of nitrogens with zero attached hydrogens (tertiary/aromatic N) is 1. The van der Waals surface area contributed by atoms with E-state index < -0.39 is 10.0 Å². The SMILES string of the molecule is CN(c1ccc2ccccc2c1)S(=O)(=O)c1ccccc1Cl. The molecule has 0 aliphatic heterocycles. The summed E-state index contributed by atoms with van der Waals surface area (Å²) in [6.45, 7) is 0. The minimum Gasteiger partial charge on any atom is -0.269 e. The average Bonchev–Trinajstić information content (AvgIpc) is 2.54. The summed E-state index contributed by atoms with van der Waals surface area (Å²) in [7, 11) is -2.16. The highest BCUT2D eigenvalue weighted by Crippen LogP contribution is 2.29. The molecule has 0 saturated carbocycles. The van der Waals surface area contributed by atoms with Crippen molar-refractivity contribution < 1.29 is 8.42 Å². The standard InChI is InChI=1S/C17H14ClNO2S/c1-19(22(20,21)17-9-5-4-8-16(17)18)15-11-10-13-6-2-3-7-14(13)12-15/h2-12H,1H3. The number of hydrogen-bond donors (Lipinski definition) is 0. The molecular weight excluding hydrogens is 318 g/mol. The fourth-order valence-electron chi connectivity index (χ4n) is 2.31. The third-order valence-electron chi connectivity index (χ3n) is 3.57. The number of rotatable bonds is 3. The van der Waals surface area contributed by atoms with Crippen LogP contribution in [0.5, 0.6) is 0 Å². The minimum absolute atomic E-state index is 0.104. The average molecular weight is 332 g/mol. The second kappa shape index (κ2) is 5.63. The van der Waals surface area contributed by atoms with E-state index in [-0.39, 0.29) is 9.92 Å². The van der Waals surface area contributed by atoms with Crippen molar-refractivity contribution in [2.45, 2.75) is 4.90 Å². The van der Waals surface area contributed by atoms with Crippen molar-refractivity contribution in [3.05, 3.63) is 71.8 Å². The third-order valence-corrected chi connectivity index (χ3v) is 5.86. The van der Waals surface area contributed by atoms with Crippen molar-refractivity contribution in [3.63, 3.8) is 0 Å². The Morgan fingerprint density at radius 3 is 2.23 bits per heavy atom. The molecule has 3 rings (SSSR count). The van der Waals surface area contributed by atoms with Crippen LogP contribution in [-0.2, 0) is 10.0 Å². The summed E-state index contributed by atoms with van der Waals surface area (Å²) in [5.74, 6) is 0. The molecule has 3 nitrogen and oxygen atoms in total. The van der Waals surface area contributed by atoms with Crippen molar-refractivity contribution in [3.8, 4) is 0 Å². The lowest BCUT2D eigenvalue weighted by atomic mass is 10.1. The molecule has 0 radical (unpaired) electrons. The van der Waals surface area contributed by atoms with Crippen LogP contribution in [0.2, 0.25) is 5.02 Å². The van der Waals surface area contributed by atoms with Crippen LogP contribution in [0, 0.1) is 0 Å². The summed E-state index contributed by atoms with van der Waals surface area (Å²) in [6.07, 6.45) is 0. The van der Waals surface area contributed by atoms with E-state index in [1.165, 1.54) is 17.4 Å². The van der Waals surface area contributed by atoms with Crippen molar-refractivity contribution in [2.24, 2.45) is 0 Å². The Kier molecular flexibility index (Phi) is 3.81. The molecule has 0 bridgehead atoms. The van der Waals surface area contributed by atoms with Crippen molar-refractivity contribution in [2.75, 3.05) is 11.4 Å². The highest BCUT2D eigenvalue weighted by atomic mass is 35.5. The van der Waals surface area contributed by atoms with E-state index in [0.29, 0.717) is 5.69 Å². The number of fused-ring (bicyclic) bond motifs is 1. The van der Waals surface area contributed by atoms with E-state index in [1.54, 1.807) is 24.3 Å². The second-order valence-electron chi connectivity index (χ2n) is 4.93. The summed E-state index contributed by atoms with van der Waals surface area (Å²) in [4.78, 5) is 0.104. The Hall–Kier alpha value is -2.04. The van der Waals surface area contributed by atoms with Crippen LogP contribution in [0.25, 0.3) is 10.8 Å². The van der Waals surface area contributed by atoms with Gasteiger partial charge in [0.15, 0.2) is 0 Å². The summed E-state index contributed by atoms with van der Waals surface area (Å²) in [6, 6.07) is 19.8. The largest absolute Gasteiger partial charge is 0.269 e. The van der Waals surface area contributed by atoms with Gasteiger partial charge in [0.1, 0.15) is 4.90 Å². The molecule has 0 aliphatic carbocycles. The van der Waals surface area contributed by atoms with Crippen molar-refractivity contribution >= 4 is 38.1 Å². The van der Waals surface area contributed by atoms with Crippen LogP contribution >= 0.6 is 11.6 Å². The Morgan fingerprint density at radius 2 is 1.50 bits per heavy atom. The van der Waals surface area contributed by atoms with Crippen LogP contribution in [-0.4, -0.2) is 15.5 Å². The highest BCUT2D eigenvalue weighted by molar-refractivity contribution is 7.93. The molecule has 5 heteroatoms. The molecule has 0 unspecified atom stereocenters. The van der Waals surface area contributed by atoms with Gasteiger partial charge in [0.05, 0.1) is 10.7 Å². The number of halogens is 1. The lowest BCUT2D eigenvalue weighted by Gasteiger charge is -2.20. The summed E-state index contributed by atoms with van der Waals surface area (Å²) in [5.41, 5.74) is 0.596. The van der Waals surface area contributed by atoms with E-state index in [2.05, 4.69) is 0 Å². The first-order chi connectivity index (χ1) is 10.5. The van der Waals surface area contributed by atoms with Crippen LogP contribution in [0.4, 0.5) is 5.69 Å². The zero-order valence-corrected chi connectivity index (χ0v) is 13.5. The van der Waals surface area contributed by atoms with Gasteiger partial charge in [0.2, 0.25) is 0 Å². The lowest BCUT2D eigenvalue weighted by Crippen LogP contribution is -2.26. The molecule has 0 fully saturated rings. The highest BCUT2D eigenvalue weighted by Gasteiger charge is 2.23. The minimum atomic E-state index is -3.69. The van der Waals surface area contributed by atoms with Gasteiger partial charge in [-0.2, -0.15) is 0 Å². The monoisotopic (exact) mass is 331 g/mol. The molecule has 0 aliphatic rings. The number of hydrogen-bond acceptors (Lipinski definition) is 2. The van der Waals surface area contributed by atoms with Gasteiger partial charge >= 0.3 is 0 Å². The fourth-order valence-corrected chi connectivity index (χ4v) is 3.99. The van der Waals surface area contributed by atoms with E-state index in [9.17, 15) is 8.42 Å². The van der Waals surface area contributed by atoms with Gasteiger partial charge < -0.3 is 0 Å². The molecular formula is C17H14ClNO2S. The molecule has 112 valence electrons. The van der Waals surface area contributed by atoms with Crippen LogP contribution < -0.4 is 4.31 Å². The molecule has 3 aromatic carbocycles. The van der Waals surface area contributed by atoms with Crippen LogP contribution in [0.1, 0.15) is 0 Å². The normalized spacial score (nSPS) is 11.5. The fraction of sp³-hybridized carbons (Fsp3) is 0.0588. The maximum atomic E-state index is 12.7. The zero-order chi connectivity index (χ0) is 15.7. The van der Waals surface area contributed by atoms with Crippen LogP contribution in [0.15, 0.2) is 71.6 Å². The number of sulfonamides is 1. The maximum absolute atomic E-state index is 12.7. The maximum Gasteiger partial charge on any atom is 0.265 e. The van der Waals surface area contributed by atoms with Gasteiger partial charge in [-0.05, 0) is 35.0 Å². The quantitative estimate of drug-likeness (QED) is 0.716. The molecule has 0 spiro atoms. The molecule has 0 amide bonds. The van der Waals surface area contributed by atoms with E-state index >= 15 is 0 Å². The first-order valence-electron chi connectivity index (χ1n) is 6.72. The smallest absolute Gasteiger partial charge is 0.265 e. The van der Waals surface area contributed by atoms with Crippen LogP contribution in [0.3, 0.4) is 0 Å². The predicted octanol–water partition coefficient (Wildman–Crippen LogP) is 4.32. The van der Waals surface area contributed by atoms with Gasteiger partial charge in [0.25, 0.3) is 10.0 Å². The summed E-state index contributed by atoms with van der Waals surface area (Å²) < 4.78 is 26.7. The van der Waals surface area contributed by atoms with Crippen molar-refractivity contribution in [1.82, 2.24) is 0 Å². The van der Waals surface area contributed by atoms with Gasteiger partial charge in [-0.3, -0.25) is 4.31 Å². The van der Waals surface area contributed by atoms with E-state index in [1.807, 2.05) is 36.4 Å². The van der Waals surface area contributed by atoms with Crippen molar-refractivity contribution in [1.29, 1.82) is 0 Å². The predicted molar refractivity (Wildman–Crippen MR) is 91.0 cm³/mol. The first kappa shape index (κ1) is 14.9. The Balaban J connectivity index is 2.08. The topological polar surface area (TPSA) is 37.4 Å². The second-order valence-corrected chi connectivity index (χ2v) is 7.28. The third kappa shape index (κ3) is 2.56. The van der Waals surface area contributed by atoms with Gasteiger partial charge in [-0.25, -0.2) is 8.42 Å². The molecule has 0 atom stereocenters. The Bertz CT molecular complexity index is 938. The van der Waals surface area contributed by atoms with Gasteiger partial charge in [0, 0.05) is 7.05 Å². The molecule has 22 heavy (non-hydrogen) atoms. The van der Waals surface area contributed by atoms with E-state index in [4.69, 9.17) is 11.6 Å². The lowest BCUT2D eigenvalue weighted by molar-refractivity contribution is 0.594.